The van der Waals surface area contributed by atoms with Crippen LogP contribution >= 0.6 is 0 Å². The fourth-order valence-corrected chi connectivity index (χ4v) is 3.01. The predicted molar refractivity (Wildman–Crippen MR) is 100 cm³/mol. The number of hydrogen-bond acceptors (Lipinski definition) is 4. The van der Waals surface area contributed by atoms with E-state index in [1.165, 1.54) is 19.5 Å². The molecule has 1 fully saturated rings. The quantitative estimate of drug-likeness (QED) is 0.753. The molecule has 142 valence electrons. The van der Waals surface area contributed by atoms with Crippen molar-refractivity contribution < 1.29 is 9.53 Å². The number of hydrogen-bond donors (Lipinski definition) is 1. The summed E-state index contributed by atoms with van der Waals surface area (Å²) in [4.78, 5) is 16.8. The molecule has 1 saturated heterocycles. The second-order valence-corrected chi connectivity index (χ2v) is 9.25. The first-order valence-electron chi connectivity index (χ1n) is 9.35. The highest BCUT2D eigenvalue weighted by Gasteiger charge is 2.30. The number of carbonyl (C=O) groups is 1. The maximum absolute atomic E-state index is 12.4. The van der Waals surface area contributed by atoms with E-state index in [0.29, 0.717) is 12.6 Å². The van der Waals surface area contributed by atoms with Gasteiger partial charge in [0.05, 0.1) is 0 Å². The maximum atomic E-state index is 12.4. The first-order chi connectivity index (χ1) is 10.9. The number of nitrogens with one attached hydrogen (secondary N) is 1. The number of nitrogens with zero attached hydrogens (tertiary/aromatic N) is 2. The summed E-state index contributed by atoms with van der Waals surface area (Å²) in [5, 5.41) is 3.53. The van der Waals surface area contributed by atoms with Crippen LogP contribution in [0.3, 0.4) is 0 Å². The van der Waals surface area contributed by atoms with Crippen LogP contribution in [-0.4, -0.2) is 65.8 Å². The summed E-state index contributed by atoms with van der Waals surface area (Å²) in [5.41, 5.74) is -0.704. The fraction of sp³-hybridized carbons (Fsp3) is 0.947. The highest BCUT2D eigenvalue weighted by molar-refractivity contribution is 5.69. The summed E-state index contributed by atoms with van der Waals surface area (Å²) in [6.07, 6.45) is 1.03. The zero-order chi connectivity index (χ0) is 18.5. The van der Waals surface area contributed by atoms with Crippen molar-refractivity contribution in [3.05, 3.63) is 0 Å². The zero-order valence-corrected chi connectivity index (χ0v) is 17.1. The second kappa shape index (κ2) is 8.52. The van der Waals surface area contributed by atoms with Crippen molar-refractivity contribution >= 4 is 6.09 Å². The van der Waals surface area contributed by atoms with Crippen molar-refractivity contribution in [2.24, 2.45) is 5.92 Å². The first kappa shape index (κ1) is 21.2. The van der Waals surface area contributed by atoms with Crippen LogP contribution in [0.15, 0.2) is 0 Å². The number of carbonyl (C=O) groups excluding carboxylic acids is 1. The standard InChI is InChI=1S/C19H39N3O2/c1-15(2)21-11-9-16(14-21)13-20-10-12-22(18(3,4)5)17(23)24-19(6,7)8/h15-16,20H,9-14H2,1-8H3. The van der Waals surface area contributed by atoms with E-state index in [-0.39, 0.29) is 11.6 Å². The van der Waals surface area contributed by atoms with E-state index in [1.807, 2.05) is 25.7 Å². The largest absolute Gasteiger partial charge is 0.444 e. The van der Waals surface area contributed by atoms with Gasteiger partial charge in [-0.3, -0.25) is 0 Å². The molecular weight excluding hydrogens is 302 g/mol. The predicted octanol–water partition coefficient (Wildman–Crippen LogP) is 3.34. The molecule has 1 aliphatic rings. The van der Waals surface area contributed by atoms with Gasteiger partial charge >= 0.3 is 6.09 Å². The van der Waals surface area contributed by atoms with Gasteiger partial charge in [0, 0.05) is 31.2 Å². The van der Waals surface area contributed by atoms with E-state index < -0.39 is 5.60 Å². The molecular formula is C19H39N3O2. The van der Waals surface area contributed by atoms with E-state index in [9.17, 15) is 4.79 Å². The Morgan fingerprint density at radius 2 is 1.88 bits per heavy atom. The fourth-order valence-electron chi connectivity index (χ4n) is 3.01. The number of likely N-dealkylation sites (tertiary alicyclic amines) is 1. The summed E-state index contributed by atoms with van der Waals surface area (Å²) in [5.74, 6) is 0.719. The van der Waals surface area contributed by atoms with Crippen LogP contribution < -0.4 is 5.32 Å². The lowest BCUT2D eigenvalue weighted by Crippen LogP contribution is -2.50. The number of rotatable bonds is 6. The van der Waals surface area contributed by atoms with Gasteiger partial charge in [-0.05, 0) is 80.8 Å². The van der Waals surface area contributed by atoms with Gasteiger partial charge in [0.25, 0.3) is 0 Å². The Balaban J connectivity index is 2.40. The van der Waals surface area contributed by atoms with Gasteiger partial charge in [-0.25, -0.2) is 4.79 Å². The van der Waals surface area contributed by atoms with Gasteiger partial charge in [-0.15, -0.1) is 0 Å². The maximum Gasteiger partial charge on any atom is 0.410 e. The molecule has 1 heterocycles. The van der Waals surface area contributed by atoms with E-state index in [1.54, 1.807) is 0 Å². The zero-order valence-electron chi connectivity index (χ0n) is 17.1. The third-order valence-electron chi connectivity index (χ3n) is 4.42. The normalized spacial score (nSPS) is 19.8. The van der Waals surface area contributed by atoms with Gasteiger partial charge in [0.15, 0.2) is 0 Å². The van der Waals surface area contributed by atoms with Crippen LogP contribution in [0.25, 0.3) is 0 Å². The average molecular weight is 342 g/mol. The molecule has 0 radical (unpaired) electrons. The molecule has 1 atom stereocenters. The average Bonchev–Trinajstić information content (AvgIpc) is 2.83. The topological polar surface area (TPSA) is 44.8 Å². The van der Waals surface area contributed by atoms with E-state index in [4.69, 9.17) is 4.74 Å². The van der Waals surface area contributed by atoms with Crippen LogP contribution in [0.2, 0.25) is 0 Å². The lowest BCUT2D eigenvalue weighted by atomic mass is 10.1. The Bertz CT molecular complexity index is 396. The molecule has 0 saturated carbocycles. The van der Waals surface area contributed by atoms with Gasteiger partial charge < -0.3 is 19.9 Å². The molecule has 1 amide bonds. The van der Waals surface area contributed by atoms with Crippen molar-refractivity contribution in [2.45, 2.75) is 79.0 Å². The molecule has 1 unspecified atom stereocenters. The molecule has 0 aromatic heterocycles. The van der Waals surface area contributed by atoms with E-state index in [2.05, 4.69) is 44.8 Å². The molecule has 24 heavy (non-hydrogen) atoms. The van der Waals surface area contributed by atoms with Crippen LogP contribution in [0.5, 0.6) is 0 Å². The lowest BCUT2D eigenvalue weighted by Gasteiger charge is -2.37. The smallest absolute Gasteiger partial charge is 0.410 e. The summed E-state index contributed by atoms with van der Waals surface area (Å²) in [6.45, 7) is 21.3. The Kier molecular flexibility index (Phi) is 7.54. The van der Waals surface area contributed by atoms with Crippen molar-refractivity contribution in [3.8, 4) is 0 Å². The molecule has 1 aliphatic heterocycles. The van der Waals surface area contributed by atoms with E-state index >= 15 is 0 Å². The van der Waals surface area contributed by atoms with Crippen LogP contribution in [0.1, 0.15) is 61.8 Å². The van der Waals surface area contributed by atoms with Gasteiger partial charge in [0.2, 0.25) is 0 Å². The Morgan fingerprint density at radius 1 is 1.25 bits per heavy atom. The summed E-state index contributed by atoms with van der Waals surface area (Å²) >= 11 is 0. The molecule has 0 bridgehead atoms. The molecule has 0 spiro atoms. The van der Waals surface area contributed by atoms with Crippen LogP contribution in [0, 0.1) is 5.92 Å². The number of amides is 1. The van der Waals surface area contributed by atoms with Gasteiger partial charge in [0.1, 0.15) is 5.60 Å². The van der Waals surface area contributed by atoms with Crippen molar-refractivity contribution in [3.63, 3.8) is 0 Å². The molecule has 1 N–H and O–H groups in total. The van der Waals surface area contributed by atoms with Crippen LogP contribution in [-0.2, 0) is 4.74 Å². The number of ether oxygens (including phenoxy) is 1. The van der Waals surface area contributed by atoms with Crippen molar-refractivity contribution in [1.82, 2.24) is 15.1 Å². The molecule has 5 heteroatoms. The van der Waals surface area contributed by atoms with Gasteiger partial charge in [-0.2, -0.15) is 0 Å². The third kappa shape index (κ3) is 7.39. The van der Waals surface area contributed by atoms with Crippen molar-refractivity contribution in [1.29, 1.82) is 0 Å². The lowest BCUT2D eigenvalue weighted by molar-refractivity contribution is 0.00661. The SMILES string of the molecule is CC(C)N1CCC(CNCCN(C(=O)OC(C)(C)C)C(C)(C)C)C1. The monoisotopic (exact) mass is 341 g/mol. The Hall–Kier alpha value is -0.810. The minimum absolute atomic E-state index is 0.233. The molecule has 0 aromatic carbocycles. The van der Waals surface area contributed by atoms with E-state index in [0.717, 1.165) is 19.0 Å². The molecule has 1 rings (SSSR count). The summed E-state index contributed by atoms with van der Waals surface area (Å²) in [7, 11) is 0. The molecule has 5 nitrogen and oxygen atoms in total. The third-order valence-corrected chi connectivity index (χ3v) is 4.42. The Labute approximate surface area is 149 Å². The minimum Gasteiger partial charge on any atom is -0.444 e. The minimum atomic E-state index is -0.460. The second-order valence-electron chi connectivity index (χ2n) is 9.25. The molecule has 0 aliphatic carbocycles. The van der Waals surface area contributed by atoms with Gasteiger partial charge in [-0.1, -0.05) is 0 Å². The van der Waals surface area contributed by atoms with Crippen LogP contribution in [0.4, 0.5) is 4.79 Å². The summed E-state index contributed by atoms with van der Waals surface area (Å²) < 4.78 is 5.55. The summed E-state index contributed by atoms with van der Waals surface area (Å²) in [6, 6.07) is 0.638. The van der Waals surface area contributed by atoms with Crippen molar-refractivity contribution in [2.75, 3.05) is 32.7 Å². The highest BCUT2D eigenvalue weighted by atomic mass is 16.6. The first-order valence-corrected chi connectivity index (χ1v) is 9.35. The molecule has 0 aromatic rings. The Morgan fingerprint density at radius 3 is 2.33 bits per heavy atom. The highest BCUT2D eigenvalue weighted by Crippen LogP contribution is 2.19.